The lowest BCUT2D eigenvalue weighted by Crippen LogP contribution is -2.45. The summed E-state index contributed by atoms with van der Waals surface area (Å²) < 4.78 is 0. The maximum atomic E-state index is 12.0. The Hall–Kier alpha value is -1.06. The monoisotopic (exact) mass is 252 g/mol. The van der Waals surface area contributed by atoms with Gasteiger partial charge in [-0.05, 0) is 50.1 Å². The van der Waals surface area contributed by atoms with E-state index in [4.69, 9.17) is 11.6 Å². The second-order valence-corrected chi connectivity index (χ2v) is 4.89. The highest BCUT2D eigenvalue weighted by atomic mass is 35.5. The molecule has 0 aliphatic carbocycles. The van der Waals surface area contributed by atoms with Gasteiger partial charge in [-0.2, -0.15) is 0 Å². The van der Waals surface area contributed by atoms with Crippen molar-refractivity contribution in [1.29, 1.82) is 0 Å². The molecule has 0 bridgehead atoms. The number of aryl methyl sites for hydroxylation is 1. The summed E-state index contributed by atoms with van der Waals surface area (Å²) >= 11 is 5.94. The first-order chi connectivity index (χ1) is 8.16. The minimum absolute atomic E-state index is 0.0153. The number of nitrogens with one attached hydrogen (secondary N) is 2. The number of hydrogen-bond acceptors (Lipinski definition) is 2. The molecule has 3 nitrogen and oxygen atoms in total. The summed E-state index contributed by atoms with van der Waals surface area (Å²) in [5.74, 6) is -0.0153. The number of carbonyl (C=O) groups is 1. The molecule has 0 unspecified atom stereocenters. The van der Waals surface area contributed by atoms with Crippen molar-refractivity contribution in [3.05, 3.63) is 34.3 Å². The van der Waals surface area contributed by atoms with Crippen molar-refractivity contribution in [3.63, 3.8) is 0 Å². The van der Waals surface area contributed by atoms with Crippen molar-refractivity contribution in [2.75, 3.05) is 13.1 Å². The molecule has 1 amide bonds. The lowest BCUT2D eigenvalue weighted by molar-refractivity contribution is 0.0930. The summed E-state index contributed by atoms with van der Waals surface area (Å²) in [6.45, 7) is 3.81. The van der Waals surface area contributed by atoms with Crippen molar-refractivity contribution in [1.82, 2.24) is 10.6 Å². The van der Waals surface area contributed by atoms with Crippen LogP contribution in [0.25, 0.3) is 0 Å². The lowest BCUT2D eigenvalue weighted by Gasteiger charge is -2.23. The van der Waals surface area contributed by atoms with Crippen LogP contribution in [0.15, 0.2) is 18.2 Å². The molecule has 2 N–H and O–H groups in total. The molecular formula is C13H17ClN2O. The van der Waals surface area contributed by atoms with E-state index in [9.17, 15) is 4.79 Å². The van der Waals surface area contributed by atoms with E-state index < -0.39 is 0 Å². The number of halogens is 1. The predicted octanol–water partition coefficient (Wildman–Crippen LogP) is 2.13. The molecule has 1 aliphatic rings. The van der Waals surface area contributed by atoms with Gasteiger partial charge in [-0.1, -0.05) is 11.6 Å². The Labute approximate surface area is 107 Å². The molecule has 4 heteroatoms. The number of hydrogen-bond donors (Lipinski definition) is 2. The normalized spacial score (nSPS) is 20.0. The van der Waals surface area contributed by atoms with Crippen LogP contribution in [0, 0.1) is 6.92 Å². The van der Waals surface area contributed by atoms with Gasteiger partial charge in [-0.25, -0.2) is 0 Å². The summed E-state index contributed by atoms with van der Waals surface area (Å²) in [6.07, 6.45) is 2.16. The first-order valence-corrected chi connectivity index (χ1v) is 6.32. The van der Waals surface area contributed by atoms with Crippen LogP contribution in [0.3, 0.4) is 0 Å². The second-order valence-electron chi connectivity index (χ2n) is 4.48. The zero-order valence-corrected chi connectivity index (χ0v) is 10.7. The van der Waals surface area contributed by atoms with Crippen molar-refractivity contribution in [3.8, 4) is 0 Å². The van der Waals surface area contributed by atoms with E-state index in [0.29, 0.717) is 10.6 Å². The smallest absolute Gasteiger partial charge is 0.251 e. The minimum Gasteiger partial charge on any atom is -0.348 e. The quantitative estimate of drug-likeness (QED) is 0.847. The molecule has 1 aromatic carbocycles. The van der Waals surface area contributed by atoms with E-state index in [1.807, 2.05) is 13.0 Å². The third-order valence-corrected chi connectivity index (χ3v) is 3.48. The SMILES string of the molecule is Cc1cc(C(=O)N[C@@H]2CCCNC2)ccc1Cl. The van der Waals surface area contributed by atoms with Gasteiger partial charge in [-0.15, -0.1) is 0 Å². The van der Waals surface area contributed by atoms with Crippen molar-refractivity contribution >= 4 is 17.5 Å². The fourth-order valence-corrected chi connectivity index (χ4v) is 2.15. The summed E-state index contributed by atoms with van der Waals surface area (Å²) in [7, 11) is 0. The Morgan fingerprint density at radius 1 is 1.53 bits per heavy atom. The van der Waals surface area contributed by atoms with E-state index in [0.717, 1.165) is 31.5 Å². The Bertz CT molecular complexity index is 414. The molecule has 1 aromatic rings. The van der Waals surface area contributed by atoms with Crippen molar-refractivity contribution in [2.45, 2.75) is 25.8 Å². The van der Waals surface area contributed by atoms with Crippen molar-refractivity contribution < 1.29 is 4.79 Å². The zero-order valence-electron chi connectivity index (χ0n) is 9.92. The van der Waals surface area contributed by atoms with E-state index in [1.54, 1.807) is 12.1 Å². The summed E-state index contributed by atoms with van der Waals surface area (Å²) in [5, 5.41) is 7.01. The number of amides is 1. The molecule has 1 fully saturated rings. The Kier molecular flexibility index (Phi) is 4.02. The molecule has 1 heterocycles. The largest absolute Gasteiger partial charge is 0.348 e. The van der Waals surface area contributed by atoms with Crippen LogP contribution in [0.1, 0.15) is 28.8 Å². The maximum absolute atomic E-state index is 12.0. The molecular weight excluding hydrogens is 236 g/mol. The summed E-state index contributed by atoms with van der Waals surface area (Å²) in [5.41, 5.74) is 1.61. The highest BCUT2D eigenvalue weighted by molar-refractivity contribution is 6.31. The predicted molar refractivity (Wildman–Crippen MR) is 69.5 cm³/mol. The highest BCUT2D eigenvalue weighted by Gasteiger charge is 2.16. The van der Waals surface area contributed by atoms with Gasteiger partial charge >= 0.3 is 0 Å². The van der Waals surface area contributed by atoms with E-state index in [1.165, 1.54) is 0 Å². The van der Waals surface area contributed by atoms with Crippen LogP contribution in [0.5, 0.6) is 0 Å². The fraction of sp³-hybridized carbons (Fsp3) is 0.462. The van der Waals surface area contributed by atoms with Gasteiger partial charge in [0.1, 0.15) is 0 Å². The number of benzene rings is 1. The molecule has 92 valence electrons. The van der Waals surface area contributed by atoms with Crippen LogP contribution in [-0.2, 0) is 0 Å². The maximum Gasteiger partial charge on any atom is 0.251 e. The summed E-state index contributed by atoms with van der Waals surface area (Å²) in [6, 6.07) is 5.60. The van der Waals surface area contributed by atoms with Crippen LogP contribution in [0.4, 0.5) is 0 Å². The van der Waals surface area contributed by atoms with E-state index >= 15 is 0 Å². The first-order valence-electron chi connectivity index (χ1n) is 5.94. The topological polar surface area (TPSA) is 41.1 Å². The molecule has 0 aromatic heterocycles. The van der Waals surface area contributed by atoms with Gasteiger partial charge in [0, 0.05) is 23.2 Å². The lowest BCUT2D eigenvalue weighted by atomic mass is 10.1. The number of carbonyl (C=O) groups excluding carboxylic acids is 1. The number of rotatable bonds is 2. The van der Waals surface area contributed by atoms with Crippen molar-refractivity contribution in [2.24, 2.45) is 0 Å². The fourth-order valence-electron chi connectivity index (χ4n) is 2.03. The Morgan fingerprint density at radius 3 is 3.00 bits per heavy atom. The van der Waals surface area contributed by atoms with Crippen LogP contribution < -0.4 is 10.6 Å². The average molecular weight is 253 g/mol. The molecule has 0 radical (unpaired) electrons. The zero-order chi connectivity index (χ0) is 12.3. The minimum atomic E-state index is -0.0153. The third kappa shape index (κ3) is 3.20. The van der Waals surface area contributed by atoms with Crippen LogP contribution in [-0.4, -0.2) is 25.0 Å². The average Bonchev–Trinajstić information content (AvgIpc) is 2.34. The Balaban J connectivity index is 2.01. The first kappa shape index (κ1) is 12.4. The standard InChI is InChI=1S/C13H17ClN2O/c1-9-7-10(4-5-12(9)14)13(17)16-11-3-2-6-15-8-11/h4-5,7,11,15H,2-3,6,8H2,1H3,(H,16,17)/t11-/m1/s1. The number of piperidine rings is 1. The van der Waals surface area contributed by atoms with E-state index in [-0.39, 0.29) is 11.9 Å². The molecule has 0 saturated carbocycles. The molecule has 1 saturated heterocycles. The summed E-state index contributed by atoms with van der Waals surface area (Å²) in [4.78, 5) is 12.0. The van der Waals surface area contributed by atoms with Gasteiger partial charge in [0.25, 0.3) is 5.91 Å². The van der Waals surface area contributed by atoms with Gasteiger partial charge in [0.15, 0.2) is 0 Å². The van der Waals surface area contributed by atoms with Crippen LogP contribution >= 0.6 is 11.6 Å². The molecule has 1 atom stereocenters. The molecule has 2 rings (SSSR count). The van der Waals surface area contributed by atoms with Gasteiger partial charge in [0.2, 0.25) is 0 Å². The van der Waals surface area contributed by atoms with Gasteiger partial charge in [0.05, 0.1) is 0 Å². The third-order valence-electron chi connectivity index (χ3n) is 3.05. The molecule has 1 aliphatic heterocycles. The highest BCUT2D eigenvalue weighted by Crippen LogP contribution is 2.16. The Morgan fingerprint density at radius 2 is 2.35 bits per heavy atom. The van der Waals surface area contributed by atoms with Gasteiger partial charge in [-0.3, -0.25) is 4.79 Å². The second kappa shape index (κ2) is 5.52. The molecule has 0 spiro atoms. The van der Waals surface area contributed by atoms with Crippen LogP contribution in [0.2, 0.25) is 5.02 Å². The van der Waals surface area contributed by atoms with Gasteiger partial charge < -0.3 is 10.6 Å². The molecule has 17 heavy (non-hydrogen) atoms. The van der Waals surface area contributed by atoms with E-state index in [2.05, 4.69) is 10.6 Å².